The zero-order valence-corrected chi connectivity index (χ0v) is 14.1. The number of hydrogen-bond acceptors (Lipinski definition) is 3. The first kappa shape index (κ1) is 17.5. The van der Waals surface area contributed by atoms with Gasteiger partial charge in [-0.3, -0.25) is 9.59 Å². The fourth-order valence-corrected chi connectivity index (χ4v) is 2.47. The lowest BCUT2D eigenvalue weighted by Crippen LogP contribution is -2.34. The van der Waals surface area contributed by atoms with Gasteiger partial charge in [-0.05, 0) is 42.4 Å². The minimum Gasteiger partial charge on any atom is -0.396 e. The number of aliphatic hydroxyl groups excluding tert-OH is 1. The molecular formula is C18H26N2O3. The van der Waals surface area contributed by atoms with Crippen LogP contribution in [0.3, 0.4) is 0 Å². The lowest BCUT2D eigenvalue weighted by molar-refractivity contribution is -0.117. The van der Waals surface area contributed by atoms with Crippen molar-refractivity contribution >= 4 is 17.5 Å². The first-order valence-corrected chi connectivity index (χ1v) is 8.12. The van der Waals surface area contributed by atoms with Crippen LogP contribution in [0, 0.1) is 17.3 Å². The summed E-state index contributed by atoms with van der Waals surface area (Å²) in [7, 11) is 0. The maximum absolute atomic E-state index is 12.2. The van der Waals surface area contributed by atoms with Crippen molar-refractivity contribution in [3.63, 3.8) is 0 Å². The van der Waals surface area contributed by atoms with Gasteiger partial charge in [0.1, 0.15) is 0 Å². The summed E-state index contributed by atoms with van der Waals surface area (Å²) < 4.78 is 0. The van der Waals surface area contributed by atoms with Crippen LogP contribution in [-0.2, 0) is 4.79 Å². The lowest BCUT2D eigenvalue weighted by atomic mass is 9.89. The highest BCUT2D eigenvalue weighted by Gasteiger charge is 2.39. The number of carbonyl (C=O) groups excluding carboxylic acids is 2. The van der Waals surface area contributed by atoms with Crippen molar-refractivity contribution < 1.29 is 14.7 Å². The fraction of sp³-hybridized carbons (Fsp3) is 0.556. The smallest absolute Gasteiger partial charge is 0.251 e. The molecule has 0 aliphatic heterocycles. The van der Waals surface area contributed by atoms with E-state index in [1.807, 2.05) is 13.8 Å². The number of anilines is 1. The second-order valence-corrected chi connectivity index (χ2v) is 7.21. The van der Waals surface area contributed by atoms with E-state index < -0.39 is 0 Å². The van der Waals surface area contributed by atoms with Crippen LogP contribution in [0.1, 0.15) is 44.0 Å². The Morgan fingerprint density at radius 3 is 2.65 bits per heavy atom. The van der Waals surface area contributed by atoms with Crippen LogP contribution in [0.15, 0.2) is 24.3 Å². The maximum atomic E-state index is 12.2. The van der Waals surface area contributed by atoms with Gasteiger partial charge in [-0.2, -0.15) is 0 Å². The Balaban J connectivity index is 1.93. The summed E-state index contributed by atoms with van der Waals surface area (Å²) in [6, 6.07) is 6.97. The molecule has 2 unspecified atom stereocenters. The first-order chi connectivity index (χ1) is 10.8. The van der Waals surface area contributed by atoms with Crippen LogP contribution in [-0.4, -0.2) is 30.1 Å². The van der Waals surface area contributed by atoms with Crippen molar-refractivity contribution in [2.24, 2.45) is 17.3 Å². The van der Waals surface area contributed by atoms with Crippen molar-refractivity contribution in [1.82, 2.24) is 5.32 Å². The quantitative estimate of drug-likeness (QED) is 0.722. The molecule has 3 N–H and O–H groups in total. The Hall–Kier alpha value is -1.88. The molecule has 1 aliphatic carbocycles. The number of benzene rings is 1. The molecule has 0 saturated heterocycles. The van der Waals surface area contributed by atoms with Gasteiger partial charge in [0.05, 0.1) is 0 Å². The Morgan fingerprint density at radius 2 is 2.04 bits per heavy atom. The molecule has 5 nitrogen and oxygen atoms in total. The third-order valence-corrected chi connectivity index (χ3v) is 4.35. The second kappa shape index (κ2) is 7.13. The maximum Gasteiger partial charge on any atom is 0.251 e. The van der Waals surface area contributed by atoms with Crippen molar-refractivity contribution in [1.29, 1.82) is 0 Å². The molecule has 1 fully saturated rings. The van der Waals surface area contributed by atoms with Crippen molar-refractivity contribution in [2.75, 3.05) is 18.5 Å². The van der Waals surface area contributed by atoms with E-state index in [1.165, 1.54) is 0 Å². The molecule has 126 valence electrons. The molecule has 0 aromatic heterocycles. The normalized spacial score (nSPS) is 20.0. The Kier molecular flexibility index (Phi) is 5.42. The van der Waals surface area contributed by atoms with E-state index >= 15 is 0 Å². The number of aliphatic hydroxyl groups is 1. The fourth-order valence-electron chi connectivity index (χ4n) is 2.47. The van der Waals surface area contributed by atoms with E-state index in [0.29, 0.717) is 30.1 Å². The van der Waals surface area contributed by atoms with E-state index in [1.54, 1.807) is 24.3 Å². The highest BCUT2D eigenvalue weighted by atomic mass is 16.3. The summed E-state index contributed by atoms with van der Waals surface area (Å²) >= 11 is 0. The van der Waals surface area contributed by atoms with Gasteiger partial charge in [-0.15, -0.1) is 0 Å². The summed E-state index contributed by atoms with van der Waals surface area (Å²) in [6.45, 7) is 6.64. The highest BCUT2D eigenvalue weighted by molar-refractivity contribution is 5.98. The van der Waals surface area contributed by atoms with Gasteiger partial charge in [0.2, 0.25) is 5.91 Å². The van der Waals surface area contributed by atoms with Gasteiger partial charge in [-0.1, -0.05) is 26.8 Å². The molecule has 5 heteroatoms. The number of rotatable bonds is 7. The van der Waals surface area contributed by atoms with Crippen molar-refractivity contribution in [3.05, 3.63) is 29.8 Å². The van der Waals surface area contributed by atoms with Crippen molar-refractivity contribution in [2.45, 2.75) is 33.6 Å². The third-order valence-electron chi connectivity index (χ3n) is 4.35. The van der Waals surface area contributed by atoms with Crippen LogP contribution in [0.5, 0.6) is 0 Å². The highest BCUT2D eigenvalue weighted by Crippen LogP contribution is 2.38. The molecule has 0 bridgehead atoms. The Labute approximate surface area is 137 Å². The molecule has 1 aromatic carbocycles. The monoisotopic (exact) mass is 318 g/mol. The van der Waals surface area contributed by atoms with E-state index in [2.05, 4.69) is 17.6 Å². The molecule has 2 amide bonds. The Bertz CT molecular complexity index is 583. The average Bonchev–Trinajstić information content (AvgIpc) is 3.22. The molecule has 1 aliphatic rings. The SMILES string of the molecule is CC1CC1C(=O)Nc1cccc(C(=O)NCC(C)(C)CCO)c1. The largest absolute Gasteiger partial charge is 0.396 e. The van der Waals surface area contributed by atoms with Crippen molar-refractivity contribution in [3.8, 4) is 0 Å². The molecule has 2 rings (SSSR count). The van der Waals surface area contributed by atoms with Gasteiger partial charge in [0.25, 0.3) is 5.91 Å². The summed E-state index contributed by atoms with van der Waals surface area (Å²) in [5, 5.41) is 14.8. The first-order valence-electron chi connectivity index (χ1n) is 8.12. The number of carbonyl (C=O) groups is 2. The topological polar surface area (TPSA) is 78.4 Å². The minimum atomic E-state index is -0.174. The summed E-state index contributed by atoms with van der Waals surface area (Å²) in [5.74, 6) is 0.410. The molecule has 1 saturated carbocycles. The minimum absolute atomic E-state index is 0.0270. The lowest BCUT2D eigenvalue weighted by Gasteiger charge is -2.23. The summed E-state index contributed by atoms with van der Waals surface area (Å²) in [6.07, 6.45) is 1.56. The third kappa shape index (κ3) is 5.06. The van der Waals surface area contributed by atoms with Gasteiger partial charge < -0.3 is 15.7 Å². The van der Waals surface area contributed by atoms with Gasteiger partial charge in [0.15, 0.2) is 0 Å². The number of nitrogens with one attached hydrogen (secondary N) is 2. The van der Waals surface area contributed by atoms with E-state index in [4.69, 9.17) is 5.11 Å². The molecule has 0 heterocycles. The van der Waals surface area contributed by atoms with Gasteiger partial charge in [-0.25, -0.2) is 0 Å². The Morgan fingerprint density at radius 1 is 1.35 bits per heavy atom. The second-order valence-electron chi connectivity index (χ2n) is 7.21. The van der Waals surface area contributed by atoms with E-state index in [0.717, 1.165) is 6.42 Å². The van der Waals surface area contributed by atoms with Crippen LogP contribution >= 0.6 is 0 Å². The summed E-state index contributed by atoms with van der Waals surface area (Å²) in [4.78, 5) is 24.2. The molecule has 1 aromatic rings. The van der Waals surface area contributed by atoms with E-state index in [-0.39, 0.29) is 29.8 Å². The number of amides is 2. The molecular weight excluding hydrogens is 292 g/mol. The molecule has 2 atom stereocenters. The van der Waals surface area contributed by atoms with E-state index in [9.17, 15) is 9.59 Å². The average molecular weight is 318 g/mol. The molecule has 23 heavy (non-hydrogen) atoms. The zero-order valence-electron chi connectivity index (χ0n) is 14.1. The van der Waals surface area contributed by atoms with Gasteiger partial charge in [0, 0.05) is 30.3 Å². The predicted octanol–water partition coefficient (Wildman–Crippen LogP) is 2.42. The van der Waals surface area contributed by atoms with Crippen LogP contribution < -0.4 is 10.6 Å². The zero-order chi connectivity index (χ0) is 17.0. The molecule has 0 radical (unpaired) electrons. The van der Waals surface area contributed by atoms with Crippen LogP contribution in [0.2, 0.25) is 0 Å². The predicted molar refractivity (Wildman–Crippen MR) is 90.2 cm³/mol. The van der Waals surface area contributed by atoms with Crippen LogP contribution in [0.25, 0.3) is 0 Å². The molecule has 0 spiro atoms. The number of hydrogen-bond donors (Lipinski definition) is 3. The van der Waals surface area contributed by atoms with Gasteiger partial charge >= 0.3 is 0 Å². The summed E-state index contributed by atoms with van der Waals surface area (Å²) in [5.41, 5.74) is 1.01. The van der Waals surface area contributed by atoms with Crippen LogP contribution in [0.4, 0.5) is 5.69 Å². The standard InChI is InChI=1S/C18H26N2O3/c1-12-9-15(12)17(23)20-14-6-4-5-13(10-14)16(22)19-11-18(2,3)7-8-21/h4-6,10,12,15,21H,7-9,11H2,1-3H3,(H,19,22)(H,20,23).